The Morgan fingerprint density at radius 2 is 2.24 bits per heavy atom. The van der Waals surface area contributed by atoms with Crippen LogP contribution in [-0.4, -0.2) is 51.0 Å². The molecule has 1 aliphatic carbocycles. The molecule has 0 radical (unpaired) electrons. The second-order valence-electron chi connectivity index (χ2n) is 4.77. The van der Waals surface area contributed by atoms with Crippen LogP contribution in [0.3, 0.4) is 0 Å². The van der Waals surface area contributed by atoms with Gasteiger partial charge in [0.15, 0.2) is 0 Å². The first-order chi connectivity index (χ1) is 8.33. The molecule has 92 valence electrons. The Labute approximate surface area is 100.0 Å². The van der Waals surface area contributed by atoms with Crippen molar-refractivity contribution in [3.63, 3.8) is 0 Å². The fourth-order valence-electron chi connectivity index (χ4n) is 2.23. The van der Waals surface area contributed by atoms with E-state index in [9.17, 15) is 4.79 Å². The first-order valence-electron chi connectivity index (χ1n) is 6.22. The van der Waals surface area contributed by atoms with Crippen molar-refractivity contribution in [2.75, 3.05) is 13.1 Å². The Bertz CT molecular complexity index is 387. The highest BCUT2D eigenvalue weighted by atomic mass is 16.2. The Hall–Kier alpha value is -1.43. The third-order valence-corrected chi connectivity index (χ3v) is 3.38. The maximum Gasteiger partial charge on any atom is 0.239 e. The zero-order chi connectivity index (χ0) is 11.7. The summed E-state index contributed by atoms with van der Waals surface area (Å²) in [5.74, 6) is 0.247. The lowest BCUT2D eigenvalue weighted by atomic mass is 10.2. The largest absolute Gasteiger partial charge is 0.339 e. The Kier molecular flexibility index (Phi) is 2.80. The van der Waals surface area contributed by atoms with E-state index in [1.54, 1.807) is 10.9 Å². The molecule has 2 heterocycles. The number of hydrogen-bond donors (Lipinski definition) is 1. The lowest BCUT2D eigenvalue weighted by Crippen LogP contribution is -2.40. The van der Waals surface area contributed by atoms with Gasteiger partial charge in [-0.05, 0) is 19.3 Å². The smallest absolute Gasteiger partial charge is 0.239 e. The summed E-state index contributed by atoms with van der Waals surface area (Å²) in [5, 5.41) is 11.0. The second kappa shape index (κ2) is 4.44. The summed E-state index contributed by atoms with van der Waals surface area (Å²) in [6.45, 7) is 2.31. The van der Waals surface area contributed by atoms with Gasteiger partial charge in [-0.1, -0.05) is 5.21 Å². The molecule has 1 aromatic heterocycles. The SMILES string of the molecule is O=C1C(NC2CC2)CCN1CCn1ccnn1. The summed E-state index contributed by atoms with van der Waals surface area (Å²) >= 11 is 0. The van der Waals surface area contributed by atoms with Gasteiger partial charge in [-0.25, -0.2) is 0 Å². The standard InChI is InChI=1S/C11H17N5O/c17-11-10(13-9-1-2-9)3-5-15(11)7-8-16-6-4-12-14-16/h4,6,9-10,13H,1-3,5,7-8H2. The van der Waals surface area contributed by atoms with Gasteiger partial charge >= 0.3 is 0 Å². The molecule has 1 saturated heterocycles. The molecule has 1 unspecified atom stereocenters. The van der Waals surface area contributed by atoms with Gasteiger partial charge in [0.2, 0.25) is 5.91 Å². The van der Waals surface area contributed by atoms with Gasteiger partial charge in [0.25, 0.3) is 0 Å². The number of nitrogens with one attached hydrogen (secondary N) is 1. The van der Waals surface area contributed by atoms with Crippen LogP contribution in [0.25, 0.3) is 0 Å². The molecule has 0 aromatic carbocycles. The third kappa shape index (κ3) is 2.46. The molecule has 1 aromatic rings. The highest BCUT2D eigenvalue weighted by molar-refractivity contribution is 5.84. The van der Waals surface area contributed by atoms with Gasteiger partial charge in [-0.15, -0.1) is 5.10 Å². The molecule has 2 fully saturated rings. The fraction of sp³-hybridized carbons (Fsp3) is 0.727. The highest BCUT2D eigenvalue weighted by Crippen LogP contribution is 2.22. The molecule has 6 nitrogen and oxygen atoms in total. The number of nitrogens with zero attached hydrogens (tertiary/aromatic N) is 4. The van der Waals surface area contributed by atoms with Crippen molar-refractivity contribution in [3.05, 3.63) is 12.4 Å². The van der Waals surface area contributed by atoms with Crippen molar-refractivity contribution in [2.24, 2.45) is 0 Å². The van der Waals surface area contributed by atoms with Crippen molar-refractivity contribution in [2.45, 2.75) is 37.9 Å². The highest BCUT2D eigenvalue weighted by Gasteiger charge is 2.35. The van der Waals surface area contributed by atoms with Crippen molar-refractivity contribution in [1.29, 1.82) is 0 Å². The van der Waals surface area contributed by atoms with E-state index < -0.39 is 0 Å². The predicted octanol–water partition coefficient (Wildman–Crippen LogP) is -0.369. The lowest BCUT2D eigenvalue weighted by molar-refractivity contribution is -0.129. The van der Waals surface area contributed by atoms with Gasteiger partial charge in [-0.3, -0.25) is 9.48 Å². The monoisotopic (exact) mass is 235 g/mol. The van der Waals surface area contributed by atoms with Gasteiger partial charge in [0, 0.05) is 25.3 Å². The Morgan fingerprint density at radius 3 is 2.94 bits per heavy atom. The van der Waals surface area contributed by atoms with Crippen LogP contribution in [0.15, 0.2) is 12.4 Å². The van der Waals surface area contributed by atoms with Crippen molar-refractivity contribution >= 4 is 5.91 Å². The minimum Gasteiger partial charge on any atom is -0.339 e. The van der Waals surface area contributed by atoms with Crippen LogP contribution in [0.5, 0.6) is 0 Å². The number of carbonyl (C=O) groups excluding carboxylic acids is 1. The lowest BCUT2D eigenvalue weighted by Gasteiger charge is -2.16. The van der Waals surface area contributed by atoms with Gasteiger partial charge < -0.3 is 10.2 Å². The zero-order valence-corrected chi connectivity index (χ0v) is 9.75. The van der Waals surface area contributed by atoms with Crippen LogP contribution in [0.2, 0.25) is 0 Å². The van der Waals surface area contributed by atoms with Gasteiger partial charge in [0.05, 0.1) is 18.8 Å². The molecule has 1 saturated carbocycles. The van der Waals surface area contributed by atoms with Crippen LogP contribution >= 0.6 is 0 Å². The van der Waals surface area contributed by atoms with E-state index in [4.69, 9.17) is 0 Å². The van der Waals surface area contributed by atoms with Gasteiger partial charge in [0.1, 0.15) is 0 Å². The second-order valence-corrected chi connectivity index (χ2v) is 4.77. The van der Waals surface area contributed by atoms with Crippen LogP contribution in [0.1, 0.15) is 19.3 Å². The molecule has 6 heteroatoms. The number of carbonyl (C=O) groups is 1. The number of aromatic nitrogens is 3. The van der Waals surface area contributed by atoms with E-state index in [1.807, 2.05) is 11.1 Å². The minimum absolute atomic E-state index is 0.0539. The number of amides is 1. The average Bonchev–Trinajstić information content (AvgIpc) is 2.86. The molecule has 0 spiro atoms. The molecule has 2 aliphatic rings. The Morgan fingerprint density at radius 1 is 1.35 bits per heavy atom. The van der Waals surface area contributed by atoms with Gasteiger partial charge in [-0.2, -0.15) is 0 Å². The Balaban J connectivity index is 1.49. The first kappa shape index (κ1) is 10.7. The quantitative estimate of drug-likeness (QED) is 0.756. The summed E-state index contributed by atoms with van der Waals surface area (Å²) in [6.07, 6.45) is 6.86. The van der Waals surface area contributed by atoms with E-state index in [-0.39, 0.29) is 11.9 Å². The number of rotatable bonds is 5. The molecule has 1 atom stereocenters. The first-order valence-corrected chi connectivity index (χ1v) is 6.22. The summed E-state index contributed by atoms with van der Waals surface area (Å²) < 4.78 is 1.76. The van der Waals surface area contributed by atoms with E-state index in [1.165, 1.54) is 12.8 Å². The maximum atomic E-state index is 12.0. The molecule has 0 bridgehead atoms. The number of hydrogen-bond acceptors (Lipinski definition) is 4. The van der Waals surface area contributed by atoms with E-state index in [2.05, 4.69) is 15.6 Å². The molecule has 3 rings (SSSR count). The summed E-state index contributed by atoms with van der Waals surface area (Å²) in [5.41, 5.74) is 0. The van der Waals surface area contributed by atoms with Crippen LogP contribution in [0.4, 0.5) is 0 Å². The van der Waals surface area contributed by atoms with Crippen molar-refractivity contribution in [3.8, 4) is 0 Å². The van der Waals surface area contributed by atoms with E-state index in [0.717, 1.165) is 26.1 Å². The fourth-order valence-corrected chi connectivity index (χ4v) is 2.23. The van der Waals surface area contributed by atoms with Crippen LogP contribution in [0, 0.1) is 0 Å². The molecule has 1 aliphatic heterocycles. The normalized spacial score (nSPS) is 24.6. The molecular weight excluding hydrogens is 218 g/mol. The predicted molar refractivity (Wildman–Crippen MR) is 61.2 cm³/mol. The van der Waals surface area contributed by atoms with Crippen LogP contribution in [-0.2, 0) is 11.3 Å². The van der Waals surface area contributed by atoms with Crippen molar-refractivity contribution < 1.29 is 4.79 Å². The van der Waals surface area contributed by atoms with E-state index in [0.29, 0.717) is 6.04 Å². The van der Waals surface area contributed by atoms with Crippen molar-refractivity contribution in [1.82, 2.24) is 25.2 Å². The number of likely N-dealkylation sites (tertiary alicyclic amines) is 1. The molecule has 1 amide bonds. The molecular formula is C11H17N5O. The maximum absolute atomic E-state index is 12.0. The molecule has 1 N–H and O–H groups in total. The van der Waals surface area contributed by atoms with E-state index >= 15 is 0 Å². The minimum atomic E-state index is 0.0539. The summed E-state index contributed by atoms with van der Waals surface area (Å²) in [6, 6.07) is 0.650. The topological polar surface area (TPSA) is 63.1 Å². The molecule has 17 heavy (non-hydrogen) atoms. The third-order valence-electron chi connectivity index (χ3n) is 3.38. The zero-order valence-electron chi connectivity index (χ0n) is 9.75. The summed E-state index contributed by atoms with van der Waals surface area (Å²) in [7, 11) is 0. The summed E-state index contributed by atoms with van der Waals surface area (Å²) in [4.78, 5) is 14.0. The average molecular weight is 235 g/mol. The van der Waals surface area contributed by atoms with Crippen LogP contribution < -0.4 is 5.32 Å².